The number of carbonyl (C=O) groups excluding carboxylic acids is 1. The van der Waals surface area contributed by atoms with Gasteiger partial charge in [0.15, 0.2) is 0 Å². The summed E-state index contributed by atoms with van der Waals surface area (Å²) in [7, 11) is 0. The van der Waals surface area contributed by atoms with E-state index >= 15 is 0 Å². The van der Waals surface area contributed by atoms with Crippen molar-refractivity contribution in [2.24, 2.45) is 17.6 Å². The quantitative estimate of drug-likeness (QED) is 0.817. The predicted molar refractivity (Wildman–Crippen MR) is 77.8 cm³/mol. The van der Waals surface area contributed by atoms with Gasteiger partial charge in [-0.05, 0) is 50.7 Å². The maximum absolute atomic E-state index is 12.1. The molecular formula is C15H29N3O. The fourth-order valence-corrected chi connectivity index (χ4v) is 3.25. The van der Waals surface area contributed by atoms with Crippen molar-refractivity contribution in [3.05, 3.63) is 0 Å². The van der Waals surface area contributed by atoms with Gasteiger partial charge in [0.2, 0.25) is 5.91 Å². The molecule has 0 aromatic heterocycles. The Morgan fingerprint density at radius 1 is 1.37 bits per heavy atom. The Hall–Kier alpha value is -0.610. The fourth-order valence-electron chi connectivity index (χ4n) is 3.25. The lowest BCUT2D eigenvalue weighted by atomic mass is 10.0. The van der Waals surface area contributed by atoms with Crippen LogP contribution in [0.3, 0.4) is 0 Å². The minimum atomic E-state index is 0.325. The smallest absolute Gasteiger partial charge is 0.223 e. The number of amides is 1. The maximum Gasteiger partial charge on any atom is 0.223 e. The molecule has 0 radical (unpaired) electrons. The van der Waals surface area contributed by atoms with Gasteiger partial charge in [0.1, 0.15) is 0 Å². The maximum atomic E-state index is 12.1. The van der Waals surface area contributed by atoms with E-state index in [1.807, 2.05) is 0 Å². The highest BCUT2D eigenvalue weighted by Crippen LogP contribution is 2.24. The summed E-state index contributed by atoms with van der Waals surface area (Å²) in [6.45, 7) is 9.52. The summed E-state index contributed by atoms with van der Waals surface area (Å²) >= 11 is 0. The van der Waals surface area contributed by atoms with Gasteiger partial charge < -0.3 is 15.5 Å². The topological polar surface area (TPSA) is 49.6 Å². The Labute approximate surface area is 117 Å². The van der Waals surface area contributed by atoms with Gasteiger partial charge in [-0.15, -0.1) is 0 Å². The van der Waals surface area contributed by atoms with Gasteiger partial charge in [-0.25, -0.2) is 0 Å². The molecule has 0 aromatic rings. The van der Waals surface area contributed by atoms with Crippen LogP contribution in [0.25, 0.3) is 0 Å². The van der Waals surface area contributed by atoms with E-state index in [0.717, 1.165) is 19.0 Å². The summed E-state index contributed by atoms with van der Waals surface area (Å²) in [5, 5.41) is 0. The van der Waals surface area contributed by atoms with Crippen LogP contribution in [0, 0.1) is 11.8 Å². The zero-order chi connectivity index (χ0) is 13.8. The van der Waals surface area contributed by atoms with Crippen LogP contribution in [0.1, 0.15) is 39.5 Å². The number of hydrogen-bond acceptors (Lipinski definition) is 3. The molecule has 2 saturated heterocycles. The SMILES string of the molecule is CC(C)CCN1CCCC(N2CC(CN)CC2=O)C1. The molecule has 1 amide bonds. The van der Waals surface area contributed by atoms with Crippen molar-refractivity contribution in [1.82, 2.24) is 9.80 Å². The van der Waals surface area contributed by atoms with E-state index in [9.17, 15) is 4.79 Å². The highest BCUT2D eigenvalue weighted by atomic mass is 16.2. The molecule has 19 heavy (non-hydrogen) atoms. The third-order valence-corrected chi connectivity index (χ3v) is 4.52. The van der Waals surface area contributed by atoms with Gasteiger partial charge in [0, 0.05) is 25.6 Å². The van der Waals surface area contributed by atoms with Crippen molar-refractivity contribution < 1.29 is 4.79 Å². The minimum absolute atomic E-state index is 0.325. The highest BCUT2D eigenvalue weighted by Gasteiger charge is 2.35. The van der Waals surface area contributed by atoms with Crippen molar-refractivity contribution in [3.8, 4) is 0 Å². The third-order valence-electron chi connectivity index (χ3n) is 4.52. The molecule has 2 unspecified atom stereocenters. The van der Waals surface area contributed by atoms with Gasteiger partial charge in [-0.2, -0.15) is 0 Å². The van der Waals surface area contributed by atoms with Gasteiger partial charge >= 0.3 is 0 Å². The van der Waals surface area contributed by atoms with Crippen molar-refractivity contribution in [2.75, 3.05) is 32.7 Å². The molecule has 0 saturated carbocycles. The number of rotatable bonds is 5. The first-order valence-corrected chi connectivity index (χ1v) is 7.82. The largest absolute Gasteiger partial charge is 0.338 e. The summed E-state index contributed by atoms with van der Waals surface area (Å²) in [4.78, 5) is 16.7. The molecule has 2 aliphatic heterocycles. The predicted octanol–water partition coefficient (Wildman–Crippen LogP) is 1.30. The third kappa shape index (κ3) is 3.93. The van der Waals surface area contributed by atoms with E-state index in [0.29, 0.717) is 30.8 Å². The molecule has 0 aliphatic carbocycles. The first-order chi connectivity index (χ1) is 9.10. The summed E-state index contributed by atoms with van der Waals surface area (Å²) in [5.74, 6) is 1.47. The van der Waals surface area contributed by atoms with Crippen LogP contribution in [0.4, 0.5) is 0 Å². The standard InChI is InChI=1S/C15H29N3O/c1-12(2)5-7-17-6-3-4-14(11-17)18-10-13(9-16)8-15(18)19/h12-14H,3-11,16H2,1-2H3. The molecule has 0 spiro atoms. The molecule has 4 nitrogen and oxygen atoms in total. The second kappa shape index (κ2) is 6.71. The van der Waals surface area contributed by atoms with Gasteiger partial charge in [0.25, 0.3) is 0 Å². The zero-order valence-corrected chi connectivity index (χ0v) is 12.5. The van der Waals surface area contributed by atoms with Gasteiger partial charge in [-0.3, -0.25) is 4.79 Å². The summed E-state index contributed by atoms with van der Waals surface area (Å²) in [6, 6.07) is 0.435. The molecule has 2 rings (SSSR count). The number of nitrogens with zero attached hydrogens (tertiary/aromatic N) is 2. The van der Waals surface area contributed by atoms with Crippen LogP contribution in [0.15, 0.2) is 0 Å². The van der Waals surface area contributed by atoms with E-state index in [2.05, 4.69) is 23.6 Å². The number of carbonyl (C=O) groups is 1. The number of hydrogen-bond donors (Lipinski definition) is 1. The lowest BCUT2D eigenvalue weighted by Crippen LogP contribution is -2.49. The van der Waals surface area contributed by atoms with Crippen molar-refractivity contribution in [1.29, 1.82) is 0 Å². The van der Waals surface area contributed by atoms with Crippen molar-refractivity contribution >= 4 is 5.91 Å². The second-order valence-corrected chi connectivity index (χ2v) is 6.63. The monoisotopic (exact) mass is 267 g/mol. The first kappa shape index (κ1) is 14.8. The van der Waals surface area contributed by atoms with E-state index in [4.69, 9.17) is 5.73 Å². The number of piperidine rings is 1. The average molecular weight is 267 g/mol. The Kier molecular flexibility index (Phi) is 5.22. The van der Waals surface area contributed by atoms with Crippen LogP contribution in [0.2, 0.25) is 0 Å². The van der Waals surface area contributed by atoms with Crippen LogP contribution in [0.5, 0.6) is 0 Å². The van der Waals surface area contributed by atoms with Crippen LogP contribution in [-0.4, -0.2) is 54.5 Å². The Bertz CT molecular complexity index is 306. The Balaban J connectivity index is 1.85. The summed E-state index contributed by atoms with van der Waals surface area (Å²) in [6.07, 6.45) is 4.31. The molecule has 2 aliphatic rings. The second-order valence-electron chi connectivity index (χ2n) is 6.63. The van der Waals surface area contributed by atoms with Crippen LogP contribution in [-0.2, 0) is 4.79 Å². The van der Waals surface area contributed by atoms with Gasteiger partial charge in [-0.1, -0.05) is 13.8 Å². The van der Waals surface area contributed by atoms with E-state index in [1.54, 1.807) is 0 Å². The lowest BCUT2D eigenvalue weighted by Gasteiger charge is -2.38. The lowest BCUT2D eigenvalue weighted by molar-refractivity contribution is -0.130. The van der Waals surface area contributed by atoms with Gasteiger partial charge in [0.05, 0.1) is 0 Å². The average Bonchev–Trinajstić information content (AvgIpc) is 2.78. The highest BCUT2D eigenvalue weighted by molar-refractivity contribution is 5.79. The molecule has 0 aromatic carbocycles. The molecule has 2 atom stereocenters. The summed E-state index contributed by atoms with van der Waals surface area (Å²) in [5.41, 5.74) is 5.71. The van der Waals surface area contributed by atoms with E-state index in [1.165, 1.54) is 32.4 Å². The van der Waals surface area contributed by atoms with Crippen LogP contribution < -0.4 is 5.73 Å². The molecule has 110 valence electrons. The minimum Gasteiger partial charge on any atom is -0.338 e. The Morgan fingerprint density at radius 3 is 2.79 bits per heavy atom. The molecule has 0 bridgehead atoms. The summed E-state index contributed by atoms with van der Waals surface area (Å²) < 4.78 is 0. The molecule has 2 heterocycles. The molecular weight excluding hydrogens is 238 g/mol. The molecule has 2 fully saturated rings. The van der Waals surface area contributed by atoms with Crippen LogP contribution >= 0.6 is 0 Å². The van der Waals surface area contributed by atoms with Crippen molar-refractivity contribution in [2.45, 2.75) is 45.6 Å². The normalized spacial score (nSPS) is 29.5. The Morgan fingerprint density at radius 2 is 2.16 bits per heavy atom. The molecule has 2 N–H and O–H groups in total. The number of nitrogens with two attached hydrogens (primary N) is 1. The number of likely N-dealkylation sites (tertiary alicyclic amines) is 2. The fraction of sp³-hybridized carbons (Fsp3) is 0.933. The molecule has 4 heteroatoms. The van der Waals surface area contributed by atoms with Crippen molar-refractivity contribution in [3.63, 3.8) is 0 Å². The van der Waals surface area contributed by atoms with E-state index in [-0.39, 0.29) is 0 Å². The first-order valence-electron chi connectivity index (χ1n) is 7.82. The zero-order valence-electron chi connectivity index (χ0n) is 12.5. The van der Waals surface area contributed by atoms with E-state index < -0.39 is 0 Å².